The minimum absolute atomic E-state index is 0.0374. The number of quaternary nitrogens is 1. The molecule has 0 aromatic heterocycles. The monoisotopic (exact) mass is 1130 g/mol. The van der Waals surface area contributed by atoms with E-state index in [-0.39, 0.29) is 31.5 Å². The van der Waals surface area contributed by atoms with Gasteiger partial charge in [0.15, 0.2) is 0 Å². The topological polar surface area (TPSA) is 111 Å². The number of phosphoric ester groups is 1. The number of allylic oxidation sites excluding steroid dienone is 9. The highest BCUT2D eigenvalue weighted by Crippen LogP contribution is 2.43. The van der Waals surface area contributed by atoms with E-state index in [0.717, 1.165) is 83.5 Å². The van der Waals surface area contributed by atoms with Gasteiger partial charge in [-0.1, -0.05) is 268 Å². The van der Waals surface area contributed by atoms with Gasteiger partial charge in [-0.05, 0) is 96.0 Å². The Kier molecular flexibility index (Phi) is 57.2. The van der Waals surface area contributed by atoms with E-state index in [0.29, 0.717) is 17.4 Å². The molecule has 0 aromatic carbocycles. The van der Waals surface area contributed by atoms with Gasteiger partial charge in [-0.15, -0.1) is 0 Å². The third kappa shape index (κ3) is 60.1. The van der Waals surface area contributed by atoms with Crippen LogP contribution in [-0.4, -0.2) is 74.3 Å². The zero-order chi connectivity index (χ0) is 57.9. The first-order chi connectivity index (χ1) is 38.4. The van der Waals surface area contributed by atoms with E-state index in [1.54, 1.807) is 0 Å². The summed E-state index contributed by atoms with van der Waals surface area (Å²) in [5, 5.41) is 3.07. The number of hydrogen-bond acceptors (Lipinski definition) is 6. The number of ether oxygens (including phenoxy) is 1. The lowest BCUT2D eigenvalue weighted by Gasteiger charge is -2.27. The number of carbonyl (C=O) groups is 2. The summed E-state index contributed by atoms with van der Waals surface area (Å²) >= 11 is 0. The van der Waals surface area contributed by atoms with Gasteiger partial charge in [0.2, 0.25) is 5.91 Å². The predicted octanol–water partition coefficient (Wildman–Crippen LogP) is 21.0. The van der Waals surface area contributed by atoms with Gasteiger partial charge < -0.3 is 19.4 Å². The largest absolute Gasteiger partial charge is 0.472 e. The van der Waals surface area contributed by atoms with E-state index in [1.807, 2.05) is 33.3 Å². The Morgan fingerprint density at radius 1 is 0.443 bits per heavy atom. The number of esters is 1. The van der Waals surface area contributed by atoms with E-state index in [1.165, 1.54) is 199 Å². The maximum atomic E-state index is 13.6. The molecule has 0 aliphatic rings. The second kappa shape index (κ2) is 58.9. The standard InChI is InChI=1S/C69H129N2O7P/c1-7-10-13-16-19-22-25-28-30-32-34-35-37-38-40-43-46-49-52-55-58-61-68(72)70-66(65-77-79(74,75)76-64-63-71(4,5)6)67(60-57-54-51-48-45-42-27-24-21-18-15-12-9-3)78-69(73)62-59-56-53-50-47-44-41-39-36-33-31-29-26-23-20-17-14-11-8-2/h20,23,28-31,36,39,57,60,66-67H,7-19,21-22,24-27,32-35,37-38,40-56,58-59,61-65H2,1-6H3,(H-,70,72,74,75)/p+1/b23-20-,30-28+,31-29-,39-36-,60-57+. The van der Waals surface area contributed by atoms with Gasteiger partial charge in [-0.2, -0.15) is 0 Å². The fraction of sp³-hybridized carbons (Fsp3) is 0.826. The van der Waals surface area contributed by atoms with Crippen LogP contribution in [0.25, 0.3) is 0 Å². The molecule has 0 spiro atoms. The Balaban J connectivity index is 5.21. The summed E-state index contributed by atoms with van der Waals surface area (Å²) in [5.41, 5.74) is 0. The molecule has 79 heavy (non-hydrogen) atoms. The lowest BCUT2D eigenvalue weighted by atomic mass is 10.0. The third-order valence-electron chi connectivity index (χ3n) is 14.9. The van der Waals surface area contributed by atoms with Crippen molar-refractivity contribution in [1.82, 2.24) is 5.32 Å². The van der Waals surface area contributed by atoms with Crippen LogP contribution in [0, 0.1) is 0 Å². The van der Waals surface area contributed by atoms with E-state index >= 15 is 0 Å². The molecular weight excluding hydrogens is 1000 g/mol. The first-order valence-corrected chi connectivity index (χ1v) is 35.1. The molecule has 0 radical (unpaired) electrons. The van der Waals surface area contributed by atoms with Crippen LogP contribution in [-0.2, 0) is 27.9 Å². The number of phosphoric acid groups is 1. The highest BCUT2D eigenvalue weighted by molar-refractivity contribution is 7.47. The second-order valence-electron chi connectivity index (χ2n) is 24.0. The molecule has 0 saturated heterocycles. The van der Waals surface area contributed by atoms with Crippen LogP contribution in [0.2, 0.25) is 0 Å². The van der Waals surface area contributed by atoms with Gasteiger partial charge in [0.25, 0.3) is 0 Å². The van der Waals surface area contributed by atoms with Crippen LogP contribution in [0.5, 0.6) is 0 Å². The highest BCUT2D eigenvalue weighted by atomic mass is 31.2. The second-order valence-corrected chi connectivity index (χ2v) is 25.4. The maximum Gasteiger partial charge on any atom is 0.472 e. The highest BCUT2D eigenvalue weighted by Gasteiger charge is 2.30. The van der Waals surface area contributed by atoms with Crippen LogP contribution in [0.4, 0.5) is 0 Å². The lowest BCUT2D eigenvalue weighted by Crippen LogP contribution is -2.47. The van der Waals surface area contributed by atoms with E-state index in [9.17, 15) is 19.0 Å². The Morgan fingerprint density at radius 3 is 1.19 bits per heavy atom. The molecule has 3 unspecified atom stereocenters. The summed E-state index contributed by atoms with van der Waals surface area (Å²) in [6.45, 7) is 7.01. The number of rotatable bonds is 61. The number of unbranched alkanes of at least 4 members (excludes halogenated alkanes) is 37. The van der Waals surface area contributed by atoms with Crippen molar-refractivity contribution in [2.24, 2.45) is 0 Å². The lowest BCUT2D eigenvalue weighted by molar-refractivity contribution is -0.870. The van der Waals surface area contributed by atoms with E-state index in [4.69, 9.17) is 13.8 Å². The summed E-state index contributed by atoms with van der Waals surface area (Å²) in [7, 11) is 1.49. The average molecular weight is 1130 g/mol. The van der Waals surface area contributed by atoms with Crippen molar-refractivity contribution in [2.45, 2.75) is 328 Å². The minimum Gasteiger partial charge on any atom is -0.456 e. The fourth-order valence-electron chi connectivity index (χ4n) is 9.71. The van der Waals surface area contributed by atoms with Gasteiger partial charge in [-0.3, -0.25) is 18.6 Å². The van der Waals surface area contributed by atoms with Crippen LogP contribution in [0.3, 0.4) is 0 Å². The molecule has 0 aliphatic carbocycles. The molecule has 0 aromatic rings. The molecule has 0 saturated carbocycles. The molecule has 462 valence electrons. The minimum atomic E-state index is -4.46. The number of carbonyl (C=O) groups excluding carboxylic acids is 2. The van der Waals surface area contributed by atoms with Crippen molar-refractivity contribution < 1.29 is 37.3 Å². The van der Waals surface area contributed by atoms with Crippen LogP contribution >= 0.6 is 7.82 Å². The normalized spacial score (nSPS) is 14.0. The van der Waals surface area contributed by atoms with Gasteiger partial charge in [0, 0.05) is 12.8 Å². The summed E-state index contributed by atoms with van der Waals surface area (Å²) in [6, 6.07) is -0.855. The molecule has 0 aliphatic heterocycles. The van der Waals surface area contributed by atoms with Gasteiger partial charge >= 0.3 is 13.8 Å². The Morgan fingerprint density at radius 2 is 0.772 bits per heavy atom. The summed E-state index contributed by atoms with van der Waals surface area (Å²) in [4.78, 5) is 37.8. The van der Waals surface area contributed by atoms with Crippen molar-refractivity contribution >= 4 is 19.7 Å². The zero-order valence-electron chi connectivity index (χ0n) is 52.9. The van der Waals surface area contributed by atoms with Gasteiger partial charge in [0.05, 0.1) is 33.8 Å². The Bertz CT molecular complexity index is 1540. The van der Waals surface area contributed by atoms with Crippen molar-refractivity contribution in [3.8, 4) is 0 Å². The Hall–Kier alpha value is -2.29. The molecule has 0 heterocycles. The molecule has 0 bridgehead atoms. The van der Waals surface area contributed by atoms with Crippen LogP contribution < -0.4 is 5.32 Å². The molecule has 10 heteroatoms. The molecular formula is C69H130N2O7P+. The molecule has 0 fully saturated rings. The van der Waals surface area contributed by atoms with Gasteiger partial charge in [-0.25, -0.2) is 4.57 Å². The number of nitrogens with one attached hydrogen (secondary N) is 1. The van der Waals surface area contributed by atoms with E-state index < -0.39 is 20.0 Å². The van der Waals surface area contributed by atoms with Crippen molar-refractivity contribution in [1.29, 1.82) is 0 Å². The molecule has 9 nitrogen and oxygen atoms in total. The number of hydrogen-bond donors (Lipinski definition) is 2. The summed E-state index contributed by atoms with van der Waals surface area (Å²) < 4.78 is 30.8. The molecule has 3 atom stereocenters. The number of likely N-dealkylation sites (N-methyl/N-ethyl adjacent to an activating group) is 1. The maximum absolute atomic E-state index is 13.6. The first-order valence-electron chi connectivity index (χ1n) is 33.6. The molecule has 0 rings (SSSR count). The van der Waals surface area contributed by atoms with Crippen molar-refractivity contribution in [2.75, 3.05) is 40.9 Å². The van der Waals surface area contributed by atoms with Crippen LogP contribution in [0.15, 0.2) is 60.8 Å². The van der Waals surface area contributed by atoms with Crippen molar-refractivity contribution in [3.05, 3.63) is 60.8 Å². The smallest absolute Gasteiger partial charge is 0.456 e. The quantitative estimate of drug-likeness (QED) is 0.0205. The zero-order valence-corrected chi connectivity index (χ0v) is 53.8. The average Bonchev–Trinajstić information content (AvgIpc) is 3.41. The molecule has 1 amide bonds. The predicted molar refractivity (Wildman–Crippen MR) is 342 cm³/mol. The van der Waals surface area contributed by atoms with Crippen LogP contribution in [0.1, 0.15) is 316 Å². The van der Waals surface area contributed by atoms with E-state index in [2.05, 4.69) is 74.7 Å². The molecule has 2 N–H and O–H groups in total. The summed E-state index contributed by atoms with van der Waals surface area (Å²) in [6.07, 6.45) is 75.0. The first kappa shape index (κ1) is 76.7. The Labute approximate surface area is 490 Å². The number of nitrogens with zero attached hydrogens (tertiary/aromatic N) is 1. The van der Waals surface area contributed by atoms with Gasteiger partial charge in [0.1, 0.15) is 19.3 Å². The number of amides is 1. The third-order valence-corrected chi connectivity index (χ3v) is 15.9. The fourth-order valence-corrected chi connectivity index (χ4v) is 10.4. The summed E-state index contributed by atoms with van der Waals surface area (Å²) in [5.74, 6) is -0.511. The van der Waals surface area contributed by atoms with Crippen molar-refractivity contribution in [3.63, 3.8) is 0 Å². The SMILES string of the molecule is CCCCC/C=C\C/C=C\C/C=C\CCCCCCCCC(=O)OC(/C=C/CCCCCCCCCCCCC)C(COP(=O)(O)OCC[N+](C)(C)C)NC(=O)CCCCCCCCCCCCC/C=C/CCCCCCCC.